The minimum Gasteiger partial charge on any atom is -0.339 e. The molecule has 0 bridgehead atoms. The normalized spacial score (nSPS) is 16.1. The lowest BCUT2D eigenvalue weighted by atomic mass is 10.3. The SMILES string of the molecule is O=C(CSc1ncccn1)N1CCNCC1. The number of carbonyl (C=O) groups is 1. The summed E-state index contributed by atoms with van der Waals surface area (Å²) in [6.45, 7) is 3.38. The molecule has 1 saturated heterocycles. The number of nitrogens with one attached hydrogen (secondary N) is 1. The van der Waals surface area contributed by atoms with Crippen molar-refractivity contribution in [2.45, 2.75) is 5.16 Å². The summed E-state index contributed by atoms with van der Waals surface area (Å²) in [5, 5.41) is 3.88. The minimum atomic E-state index is 0.166. The van der Waals surface area contributed by atoms with Gasteiger partial charge < -0.3 is 10.2 Å². The second kappa shape index (κ2) is 5.81. The van der Waals surface area contributed by atoms with Crippen molar-refractivity contribution in [3.05, 3.63) is 18.5 Å². The van der Waals surface area contributed by atoms with Crippen LogP contribution in [0.25, 0.3) is 0 Å². The molecule has 0 unspecified atom stereocenters. The molecule has 1 fully saturated rings. The van der Waals surface area contributed by atoms with Crippen molar-refractivity contribution in [2.24, 2.45) is 0 Å². The first-order valence-electron chi connectivity index (χ1n) is 5.24. The highest BCUT2D eigenvalue weighted by Gasteiger charge is 2.16. The van der Waals surface area contributed by atoms with Crippen molar-refractivity contribution < 1.29 is 4.79 Å². The summed E-state index contributed by atoms with van der Waals surface area (Å²) < 4.78 is 0. The van der Waals surface area contributed by atoms with E-state index in [-0.39, 0.29) is 5.91 Å². The molecule has 1 N–H and O–H groups in total. The zero-order valence-corrected chi connectivity index (χ0v) is 9.74. The maximum absolute atomic E-state index is 11.8. The van der Waals surface area contributed by atoms with E-state index in [9.17, 15) is 4.79 Å². The van der Waals surface area contributed by atoms with Crippen LogP contribution in [0.5, 0.6) is 0 Å². The first kappa shape index (κ1) is 11.3. The maximum atomic E-state index is 11.8. The first-order chi connectivity index (χ1) is 7.86. The smallest absolute Gasteiger partial charge is 0.233 e. The molecule has 6 heteroatoms. The van der Waals surface area contributed by atoms with Gasteiger partial charge in [-0.05, 0) is 6.07 Å². The van der Waals surface area contributed by atoms with Crippen LogP contribution in [-0.4, -0.2) is 52.7 Å². The van der Waals surface area contributed by atoms with Crippen LogP contribution in [0, 0.1) is 0 Å². The van der Waals surface area contributed by atoms with E-state index in [2.05, 4.69) is 15.3 Å². The van der Waals surface area contributed by atoms with Crippen LogP contribution in [0.1, 0.15) is 0 Å². The molecule has 0 radical (unpaired) electrons. The number of thioether (sulfide) groups is 1. The Morgan fingerprint density at radius 2 is 2.06 bits per heavy atom. The monoisotopic (exact) mass is 238 g/mol. The van der Waals surface area contributed by atoms with Gasteiger partial charge in [-0.2, -0.15) is 0 Å². The third kappa shape index (κ3) is 3.18. The Morgan fingerprint density at radius 1 is 1.38 bits per heavy atom. The fourth-order valence-electron chi connectivity index (χ4n) is 1.49. The molecule has 1 amide bonds. The van der Waals surface area contributed by atoms with E-state index >= 15 is 0 Å². The predicted octanol–water partition coefficient (Wildman–Crippen LogP) is 0.000500. The lowest BCUT2D eigenvalue weighted by Gasteiger charge is -2.27. The average molecular weight is 238 g/mol. The van der Waals surface area contributed by atoms with Crippen LogP contribution < -0.4 is 5.32 Å². The molecule has 0 spiro atoms. The van der Waals surface area contributed by atoms with Gasteiger partial charge in [0.15, 0.2) is 5.16 Å². The first-order valence-corrected chi connectivity index (χ1v) is 6.23. The van der Waals surface area contributed by atoms with Gasteiger partial charge in [0.05, 0.1) is 5.75 Å². The second-order valence-corrected chi connectivity index (χ2v) is 4.39. The number of nitrogens with zero attached hydrogens (tertiary/aromatic N) is 3. The Balaban J connectivity index is 1.79. The molecule has 1 aliphatic heterocycles. The third-order valence-electron chi connectivity index (χ3n) is 2.34. The summed E-state index contributed by atoms with van der Waals surface area (Å²) in [7, 11) is 0. The lowest BCUT2D eigenvalue weighted by Crippen LogP contribution is -2.47. The minimum absolute atomic E-state index is 0.166. The van der Waals surface area contributed by atoms with E-state index in [0.717, 1.165) is 26.2 Å². The lowest BCUT2D eigenvalue weighted by molar-refractivity contribution is -0.128. The van der Waals surface area contributed by atoms with Gasteiger partial charge in [0.1, 0.15) is 0 Å². The highest BCUT2D eigenvalue weighted by Crippen LogP contribution is 2.11. The van der Waals surface area contributed by atoms with E-state index in [1.165, 1.54) is 11.8 Å². The van der Waals surface area contributed by atoms with Crippen LogP contribution in [-0.2, 0) is 4.79 Å². The number of rotatable bonds is 3. The molecule has 1 aromatic rings. The van der Waals surface area contributed by atoms with Crippen LogP contribution in [0.4, 0.5) is 0 Å². The maximum Gasteiger partial charge on any atom is 0.233 e. The summed E-state index contributed by atoms with van der Waals surface area (Å²) in [6, 6.07) is 1.77. The summed E-state index contributed by atoms with van der Waals surface area (Å²) >= 11 is 1.39. The fraction of sp³-hybridized carbons (Fsp3) is 0.500. The van der Waals surface area contributed by atoms with Crippen molar-refractivity contribution >= 4 is 17.7 Å². The average Bonchev–Trinajstić information content (AvgIpc) is 2.38. The zero-order valence-electron chi connectivity index (χ0n) is 8.93. The molecule has 16 heavy (non-hydrogen) atoms. The Morgan fingerprint density at radius 3 is 2.75 bits per heavy atom. The number of piperazine rings is 1. The highest BCUT2D eigenvalue weighted by molar-refractivity contribution is 7.99. The molecule has 0 aliphatic carbocycles. The second-order valence-electron chi connectivity index (χ2n) is 3.45. The van der Waals surface area contributed by atoms with Crippen molar-refractivity contribution in [3.8, 4) is 0 Å². The summed E-state index contributed by atoms with van der Waals surface area (Å²) in [5.74, 6) is 0.586. The van der Waals surface area contributed by atoms with Gasteiger partial charge in [0.2, 0.25) is 5.91 Å². The molecule has 1 aliphatic rings. The largest absolute Gasteiger partial charge is 0.339 e. The van der Waals surface area contributed by atoms with E-state index in [0.29, 0.717) is 10.9 Å². The number of amides is 1. The molecule has 2 heterocycles. The summed E-state index contributed by atoms with van der Waals surface area (Å²) in [4.78, 5) is 21.8. The Labute approximate surface area is 98.6 Å². The van der Waals surface area contributed by atoms with Gasteiger partial charge in [0, 0.05) is 38.6 Å². The van der Waals surface area contributed by atoms with E-state index in [4.69, 9.17) is 0 Å². The van der Waals surface area contributed by atoms with E-state index in [1.54, 1.807) is 18.5 Å². The van der Waals surface area contributed by atoms with Crippen molar-refractivity contribution in [1.82, 2.24) is 20.2 Å². The van der Waals surface area contributed by atoms with Gasteiger partial charge in [-0.25, -0.2) is 9.97 Å². The van der Waals surface area contributed by atoms with Crippen LogP contribution >= 0.6 is 11.8 Å². The van der Waals surface area contributed by atoms with Crippen molar-refractivity contribution in [3.63, 3.8) is 0 Å². The number of hydrogen-bond acceptors (Lipinski definition) is 5. The van der Waals surface area contributed by atoms with Gasteiger partial charge in [-0.3, -0.25) is 4.79 Å². The quantitative estimate of drug-likeness (QED) is 0.593. The predicted molar refractivity (Wildman–Crippen MR) is 62.2 cm³/mol. The summed E-state index contributed by atoms with van der Waals surface area (Å²) in [6.07, 6.45) is 3.37. The Kier molecular flexibility index (Phi) is 4.12. The molecular weight excluding hydrogens is 224 g/mol. The molecule has 5 nitrogen and oxygen atoms in total. The van der Waals surface area contributed by atoms with E-state index < -0.39 is 0 Å². The Bertz CT molecular complexity index is 340. The number of carbonyl (C=O) groups excluding carboxylic acids is 1. The Hall–Kier alpha value is -1.14. The third-order valence-corrected chi connectivity index (χ3v) is 3.20. The molecular formula is C10H14N4OS. The highest BCUT2D eigenvalue weighted by atomic mass is 32.2. The zero-order chi connectivity index (χ0) is 11.2. The molecule has 86 valence electrons. The van der Waals surface area contributed by atoms with Crippen LogP contribution in [0.3, 0.4) is 0 Å². The molecule has 0 atom stereocenters. The molecule has 0 saturated carbocycles. The van der Waals surface area contributed by atoms with Gasteiger partial charge in [-0.1, -0.05) is 11.8 Å². The molecule has 0 aromatic carbocycles. The number of hydrogen-bond donors (Lipinski definition) is 1. The van der Waals surface area contributed by atoms with Crippen LogP contribution in [0.2, 0.25) is 0 Å². The standard InChI is InChI=1S/C10H14N4OS/c15-9(14-6-4-11-5-7-14)8-16-10-12-2-1-3-13-10/h1-3,11H,4-8H2. The van der Waals surface area contributed by atoms with Gasteiger partial charge in [0.25, 0.3) is 0 Å². The molecule has 1 aromatic heterocycles. The van der Waals surface area contributed by atoms with Gasteiger partial charge in [-0.15, -0.1) is 0 Å². The van der Waals surface area contributed by atoms with Crippen molar-refractivity contribution in [1.29, 1.82) is 0 Å². The summed E-state index contributed by atoms with van der Waals surface area (Å²) in [5.41, 5.74) is 0. The van der Waals surface area contributed by atoms with Crippen LogP contribution in [0.15, 0.2) is 23.6 Å². The fourth-order valence-corrected chi connectivity index (χ4v) is 2.20. The van der Waals surface area contributed by atoms with Crippen molar-refractivity contribution in [2.75, 3.05) is 31.9 Å². The molecule has 2 rings (SSSR count). The topological polar surface area (TPSA) is 58.1 Å². The number of aromatic nitrogens is 2. The van der Waals surface area contributed by atoms with E-state index in [1.807, 2.05) is 4.90 Å². The van der Waals surface area contributed by atoms with Gasteiger partial charge >= 0.3 is 0 Å².